The monoisotopic (exact) mass is 324 g/mol. The van der Waals surface area contributed by atoms with Gasteiger partial charge in [0, 0.05) is 30.0 Å². The zero-order valence-corrected chi connectivity index (χ0v) is 12.9. The van der Waals surface area contributed by atoms with Gasteiger partial charge in [0.2, 0.25) is 5.91 Å². The van der Waals surface area contributed by atoms with E-state index in [1.807, 2.05) is 23.1 Å². The predicted molar refractivity (Wildman–Crippen MR) is 81.0 cm³/mol. The van der Waals surface area contributed by atoms with Gasteiger partial charge in [-0.05, 0) is 30.4 Å². The van der Waals surface area contributed by atoms with Gasteiger partial charge in [0.15, 0.2) is 0 Å². The van der Waals surface area contributed by atoms with Crippen molar-refractivity contribution in [1.29, 1.82) is 0 Å². The van der Waals surface area contributed by atoms with Gasteiger partial charge in [0.1, 0.15) is 0 Å². The minimum atomic E-state index is 0.224. The van der Waals surface area contributed by atoms with Crippen molar-refractivity contribution in [3.05, 3.63) is 34.3 Å². The number of halogens is 1. The highest BCUT2D eigenvalue weighted by atomic mass is 79.9. The normalized spacial score (nSPS) is 20.6. The molecule has 1 aliphatic heterocycles. The number of likely N-dealkylation sites (tertiary alicyclic amines) is 1. The van der Waals surface area contributed by atoms with Crippen LogP contribution in [-0.2, 0) is 4.79 Å². The summed E-state index contributed by atoms with van der Waals surface area (Å²) < 4.78 is 1.08. The van der Waals surface area contributed by atoms with Crippen molar-refractivity contribution in [2.45, 2.75) is 38.1 Å². The van der Waals surface area contributed by atoms with Gasteiger partial charge in [-0.3, -0.25) is 4.79 Å². The Morgan fingerprint density at radius 2 is 2.26 bits per heavy atom. The lowest BCUT2D eigenvalue weighted by Crippen LogP contribution is -2.40. The lowest BCUT2D eigenvalue weighted by molar-refractivity contribution is -0.132. The molecular formula is C15H21BrN2O. The first-order chi connectivity index (χ1) is 9.13. The Labute approximate surface area is 123 Å². The fourth-order valence-electron chi connectivity index (χ4n) is 2.77. The van der Waals surface area contributed by atoms with Crippen LogP contribution in [0.4, 0.5) is 0 Å². The van der Waals surface area contributed by atoms with E-state index in [-0.39, 0.29) is 17.9 Å². The summed E-state index contributed by atoms with van der Waals surface area (Å²) in [6.07, 6.45) is 2.68. The summed E-state index contributed by atoms with van der Waals surface area (Å²) in [6, 6.07) is 8.35. The Morgan fingerprint density at radius 1 is 1.53 bits per heavy atom. The molecule has 1 fully saturated rings. The number of carbonyl (C=O) groups excluding carboxylic acids is 1. The summed E-state index contributed by atoms with van der Waals surface area (Å²) in [6.45, 7) is 3.55. The van der Waals surface area contributed by atoms with Gasteiger partial charge < -0.3 is 10.6 Å². The Kier molecular flexibility index (Phi) is 4.99. The van der Waals surface area contributed by atoms with Crippen molar-refractivity contribution in [3.8, 4) is 0 Å². The quantitative estimate of drug-likeness (QED) is 0.925. The van der Waals surface area contributed by atoms with Gasteiger partial charge in [-0.2, -0.15) is 0 Å². The lowest BCUT2D eigenvalue weighted by atomic mass is 9.97. The second-order valence-corrected chi connectivity index (χ2v) is 6.10. The predicted octanol–water partition coefficient (Wildman–Crippen LogP) is 2.89. The van der Waals surface area contributed by atoms with E-state index in [1.165, 1.54) is 5.56 Å². The summed E-state index contributed by atoms with van der Waals surface area (Å²) in [4.78, 5) is 14.3. The summed E-state index contributed by atoms with van der Waals surface area (Å²) in [7, 11) is 0. The molecule has 0 bridgehead atoms. The van der Waals surface area contributed by atoms with Crippen molar-refractivity contribution in [2.75, 3.05) is 13.1 Å². The number of hydrogen-bond acceptors (Lipinski definition) is 2. The van der Waals surface area contributed by atoms with Gasteiger partial charge in [-0.1, -0.05) is 41.1 Å². The molecule has 2 N–H and O–H groups in total. The Morgan fingerprint density at radius 3 is 2.95 bits per heavy atom. The van der Waals surface area contributed by atoms with Gasteiger partial charge >= 0.3 is 0 Å². The van der Waals surface area contributed by atoms with E-state index in [9.17, 15) is 4.79 Å². The molecule has 0 aliphatic carbocycles. The van der Waals surface area contributed by atoms with E-state index in [0.29, 0.717) is 13.0 Å². The third-order valence-corrected chi connectivity index (χ3v) is 4.61. The highest BCUT2D eigenvalue weighted by Gasteiger charge is 2.28. The molecule has 1 amide bonds. The molecular weight excluding hydrogens is 304 g/mol. The van der Waals surface area contributed by atoms with Crippen LogP contribution in [0, 0.1) is 0 Å². The van der Waals surface area contributed by atoms with Crippen LogP contribution in [0.1, 0.15) is 37.7 Å². The van der Waals surface area contributed by atoms with Gasteiger partial charge in [0.05, 0.1) is 0 Å². The maximum absolute atomic E-state index is 12.4. The highest BCUT2D eigenvalue weighted by molar-refractivity contribution is 9.10. The number of rotatable bonds is 4. The average Bonchev–Trinajstić information content (AvgIpc) is 2.87. The van der Waals surface area contributed by atoms with E-state index in [0.717, 1.165) is 23.9 Å². The first kappa shape index (κ1) is 14.5. The third-order valence-electron chi connectivity index (χ3n) is 3.89. The fourth-order valence-corrected chi connectivity index (χ4v) is 3.45. The van der Waals surface area contributed by atoms with E-state index in [4.69, 9.17) is 5.73 Å². The number of amides is 1. The van der Waals surface area contributed by atoms with Crippen LogP contribution in [0.15, 0.2) is 28.7 Å². The van der Waals surface area contributed by atoms with Crippen LogP contribution in [0.25, 0.3) is 0 Å². The van der Waals surface area contributed by atoms with Crippen molar-refractivity contribution in [1.82, 2.24) is 4.90 Å². The number of carbonyl (C=O) groups is 1. The SMILES string of the molecule is CC(CC(=O)N1CCCC1CN)c1ccccc1Br. The highest BCUT2D eigenvalue weighted by Crippen LogP contribution is 2.28. The molecule has 19 heavy (non-hydrogen) atoms. The van der Waals surface area contributed by atoms with Crippen LogP contribution in [0.3, 0.4) is 0 Å². The second kappa shape index (κ2) is 6.53. The zero-order chi connectivity index (χ0) is 13.8. The molecule has 1 aliphatic rings. The molecule has 1 aromatic carbocycles. The van der Waals surface area contributed by atoms with E-state index >= 15 is 0 Å². The van der Waals surface area contributed by atoms with Gasteiger partial charge in [0.25, 0.3) is 0 Å². The van der Waals surface area contributed by atoms with E-state index in [2.05, 4.69) is 28.9 Å². The maximum Gasteiger partial charge on any atom is 0.223 e. The Balaban J connectivity index is 2.01. The summed E-state index contributed by atoms with van der Waals surface area (Å²) in [5, 5.41) is 0. The molecule has 104 valence electrons. The summed E-state index contributed by atoms with van der Waals surface area (Å²) in [5.41, 5.74) is 6.92. The van der Waals surface area contributed by atoms with Gasteiger partial charge in [-0.15, -0.1) is 0 Å². The molecule has 0 spiro atoms. The third kappa shape index (κ3) is 3.37. The van der Waals surface area contributed by atoms with E-state index in [1.54, 1.807) is 0 Å². The number of hydrogen-bond donors (Lipinski definition) is 1. The van der Waals surface area contributed by atoms with Crippen molar-refractivity contribution >= 4 is 21.8 Å². The standard InChI is InChI=1S/C15H21BrN2O/c1-11(13-6-2-3-7-14(13)16)9-15(19)18-8-4-5-12(18)10-17/h2-3,6-7,11-12H,4-5,8-10,17H2,1H3. The first-order valence-corrected chi connectivity index (χ1v) is 7.66. The maximum atomic E-state index is 12.4. The van der Waals surface area contributed by atoms with Crippen LogP contribution in [-0.4, -0.2) is 29.9 Å². The zero-order valence-electron chi connectivity index (χ0n) is 11.3. The topological polar surface area (TPSA) is 46.3 Å². The van der Waals surface area contributed by atoms with Crippen LogP contribution in [0.2, 0.25) is 0 Å². The molecule has 0 saturated carbocycles. The number of benzene rings is 1. The largest absolute Gasteiger partial charge is 0.338 e. The molecule has 1 saturated heterocycles. The summed E-state index contributed by atoms with van der Waals surface area (Å²) >= 11 is 3.55. The smallest absolute Gasteiger partial charge is 0.223 e. The minimum absolute atomic E-state index is 0.224. The molecule has 2 atom stereocenters. The van der Waals surface area contributed by atoms with Gasteiger partial charge in [-0.25, -0.2) is 0 Å². The average molecular weight is 325 g/mol. The van der Waals surface area contributed by atoms with Crippen LogP contribution >= 0.6 is 15.9 Å². The lowest BCUT2D eigenvalue weighted by Gasteiger charge is -2.25. The second-order valence-electron chi connectivity index (χ2n) is 5.25. The minimum Gasteiger partial charge on any atom is -0.338 e. The van der Waals surface area contributed by atoms with Crippen molar-refractivity contribution < 1.29 is 4.79 Å². The molecule has 4 heteroatoms. The van der Waals surface area contributed by atoms with E-state index < -0.39 is 0 Å². The van der Waals surface area contributed by atoms with Crippen molar-refractivity contribution in [3.63, 3.8) is 0 Å². The Bertz CT molecular complexity index is 450. The van der Waals surface area contributed by atoms with Crippen LogP contribution < -0.4 is 5.73 Å². The molecule has 3 nitrogen and oxygen atoms in total. The van der Waals surface area contributed by atoms with Crippen molar-refractivity contribution in [2.24, 2.45) is 5.73 Å². The molecule has 2 rings (SSSR count). The number of nitrogens with two attached hydrogens (primary N) is 1. The summed E-state index contributed by atoms with van der Waals surface area (Å²) in [5.74, 6) is 0.457. The molecule has 0 aromatic heterocycles. The first-order valence-electron chi connectivity index (χ1n) is 6.87. The molecule has 1 heterocycles. The molecule has 2 unspecified atom stereocenters. The Hall–Kier alpha value is -0.870. The molecule has 1 aromatic rings. The molecule has 0 radical (unpaired) electrons. The number of nitrogens with zero attached hydrogens (tertiary/aromatic N) is 1. The van der Waals surface area contributed by atoms with Crippen LogP contribution in [0.5, 0.6) is 0 Å². The fraction of sp³-hybridized carbons (Fsp3) is 0.533.